The molecule has 0 radical (unpaired) electrons. The van der Waals surface area contributed by atoms with E-state index >= 15 is 0 Å². The lowest BCUT2D eigenvalue weighted by Crippen LogP contribution is -2.44. The lowest BCUT2D eigenvalue weighted by atomic mass is 9.99. The van der Waals surface area contributed by atoms with Gasteiger partial charge in [0.1, 0.15) is 11.9 Å². The molecule has 4 aromatic carbocycles. The number of anilines is 2. The highest BCUT2D eigenvalue weighted by atomic mass is 16.5. The summed E-state index contributed by atoms with van der Waals surface area (Å²) >= 11 is 0. The monoisotopic (exact) mass is 480 g/mol. The number of benzene rings is 4. The molecule has 184 valence electrons. The minimum absolute atomic E-state index is 0.0651. The number of aryl methyl sites for hydroxylation is 1. The summed E-state index contributed by atoms with van der Waals surface area (Å²) in [4.78, 5) is 14.8. The second-order valence-corrected chi connectivity index (χ2v) is 9.24. The van der Waals surface area contributed by atoms with Crippen LogP contribution in [0.2, 0.25) is 0 Å². The smallest absolute Gasteiger partial charge is 0.338 e. The number of nitrogens with zero attached hydrogens (tertiary/aromatic N) is 1. The summed E-state index contributed by atoms with van der Waals surface area (Å²) in [6.07, 6.45) is -0.0651. The van der Waals surface area contributed by atoms with E-state index in [1.54, 1.807) is 0 Å². The van der Waals surface area contributed by atoms with Crippen LogP contribution in [-0.2, 0) is 4.74 Å². The predicted octanol–water partition coefficient (Wildman–Crippen LogP) is 6.57. The van der Waals surface area contributed by atoms with Gasteiger partial charge in [0, 0.05) is 18.3 Å². The molecule has 1 aliphatic heterocycles. The number of ether oxygens (including phenoxy) is 2. The number of fused-ring (bicyclic) bond motifs is 2. The zero-order valence-electron chi connectivity index (χ0n) is 21.0. The fourth-order valence-electron chi connectivity index (χ4n) is 4.90. The van der Waals surface area contributed by atoms with Crippen molar-refractivity contribution < 1.29 is 14.3 Å². The van der Waals surface area contributed by atoms with E-state index < -0.39 is 0 Å². The summed E-state index contributed by atoms with van der Waals surface area (Å²) in [6.45, 7) is 7.66. The second kappa shape index (κ2) is 10.4. The highest BCUT2D eigenvalue weighted by Gasteiger charge is 2.28. The minimum Gasteiger partial charge on any atom is -0.485 e. The molecule has 0 fully saturated rings. The van der Waals surface area contributed by atoms with Crippen LogP contribution in [-0.4, -0.2) is 31.8 Å². The van der Waals surface area contributed by atoms with E-state index in [9.17, 15) is 4.79 Å². The van der Waals surface area contributed by atoms with E-state index in [1.807, 2.05) is 44.2 Å². The van der Waals surface area contributed by atoms with Crippen LogP contribution >= 0.6 is 0 Å². The molecule has 5 rings (SSSR count). The van der Waals surface area contributed by atoms with Crippen molar-refractivity contribution in [1.82, 2.24) is 5.32 Å². The van der Waals surface area contributed by atoms with Crippen molar-refractivity contribution in [3.63, 3.8) is 0 Å². The molecule has 4 aromatic rings. The summed E-state index contributed by atoms with van der Waals surface area (Å²) in [5.41, 5.74) is 4.72. The second-order valence-electron chi connectivity index (χ2n) is 9.24. The summed E-state index contributed by atoms with van der Waals surface area (Å²) in [5.74, 6) is 0.548. The van der Waals surface area contributed by atoms with Gasteiger partial charge in [0.05, 0.1) is 24.4 Å². The maximum Gasteiger partial charge on any atom is 0.338 e. The van der Waals surface area contributed by atoms with Crippen LogP contribution in [0, 0.1) is 6.92 Å². The van der Waals surface area contributed by atoms with Crippen LogP contribution in [0.5, 0.6) is 5.75 Å². The number of para-hydroxylation sites is 2. The van der Waals surface area contributed by atoms with Crippen LogP contribution in [0.25, 0.3) is 10.8 Å². The first kappa shape index (κ1) is 23.9. The Hall–Kier alpha value is -3.83. The first-order valence-corrected chi connectivity index (χ1v) is 12.6. The van der Waals surface area contributed by atoms with E-state index in [-0.39, 0.29) is 18.1 Å². The van der Waals surface area contributed by atoms with Crippen LogP contribution in [0.3, 0.4) is 0 Å². The molecule has 0 amide bonds. The third kappa shape index (κ3) is 4.79. The number of hydrogen-bond acceptors (Lipinski definition) is 5. The average Bonchev–Trinajstić information content (AvgIpc) is 2.91. The molecule has 36 heavy (non-hydrogen) atoms. The third-order valence-electron chi connectivity index (χ3n) is 6.81. The predicted molar refractivity (Wildman–Crippen MR) is 145 cm³/mol. The molecule has 0 aromatic heterocycles. The van der Waals surface area contributed by atoms with E-state index in [2.05, 4.69) is 71.7 Å². The zero-order chi connectivity index (χ0) is 25.1. The summed E-state index contributed by atoms with van der Waals surface area (Å²) in [5, 5.41) is 6.20. The van der Waals surface area contributed by atoms with Crippen LogP contribution < -0.4 is 15.0 Å². The van der Waals surface area contributed by atoms with Crippen molar-refractivity contribution in [2.45, 2.75) is 32.9 Å². The van der Waals surface area contributed by atoms with Gasteiger partial charge in [-0.15, -0.1) is 0 Å². The Kier molecular flexibility index (Phi) is 6.92. The van der Waals surface area contributed by atoms with Gasteiger partial charge in [0.2, 0.25) is 0 Å². The van der Waals surface area contributed by atoms with Gasteiger partial charge in [-0.25, -0.2) is 4.79 Å². The van der Waals surface area contributed by atoms with Gasteiger partial charge in [-0.1, -0.05) is 60.7 Å². The van der Waals surface area contributed by atoms with Crippen molar-refractivity contribution in [1.29, 1.82) is 0 Å². The molecular weight excluding hydrogens is 448 g/mol. The number of carbonyl (C=O) groups is 1. The highest BCUT2D eigenvalue weighted by molar-refractivity contribution is 5.92. The number of carbonyl (C=O) groups excluding carboxylic acids is 1. The Bertz CT molecular complexity index is 1380. The summed E-state index contributed by atoms with van der Waals surface area (Å²) < 4.78 is 11.7. The molecular formula is C31H32N2O3. The molecule has 1 unspecified atom stereocenters. The van der Waals surface area contributed by atoms with Gasteiger partial charge >= 0.3 is 5.97 Å². The Morgan fingerprint density at radius 3 is 2.69 bits per heavy atom. The lowest BCUT2D eigenvalue weighted by molar-refractivity contribution is 0.0525. The molecule has 1 aliphatic rings. The summed E-state index contributed by atoms with van der Waals surface area (Å²) in [6, 6.07) is 29.1. The number of hydrogen-bond donors (Lipinski definition) is 1. The van der Waals surface area contributed by atoms with Gasteiger partial charge < -0.3 is 19.7 Å². The molecule has 0 spiro atoms. The van der Waals surface area contributed by atoms with Crippen molar-refractivity contribution in [2.75, 3.05) is 24.6 Å². The Morgan fingerprint density at radius 1 is 1.06 bits per heavy atom. The molecule has 2 atom stereocenters. The molecule has 5 heteroatoms. The Labute approximate surface area is 212 Å². The first-order chi connectivity index (χ1) is 17.5. The average molecular weight is 481 g/mol. The van der Waals surface area contributed by atoms with Gasteiger partial charge in [0.15, 0.2) is 0 Å². The van der Waals surface area contributed by atoms with Crippen molar-refractivity contribution in [3.05, 3.63) is 102 Å². The first-order valence-electron chi connectivity index (χ1n) is 12.6. The largest absolute Gasteiger partial charge is 0.485 e. The van der Waals surface area contributed by atoms with Gasteiger partial charge in [0.25, 0.3) is 0 Å². The van der Waals surface area contributed by atoms with E-state index in [4.69, 9.17) is 9.47 Å². The zero-order valence-corrected chi connectivity index (χ0v) is 21.0. The van der Waals surface area contributed by atoms with E-state index in [0.29, 0.717) is 25.3 Å². The fraction of sp³-hybridized carbons (Fsp3) is 0.258. The highest BCUT2D eigenvalue weighted by Crippen LogP contribution is 2.38. The molecule has 0 aliphatic carbocycles. The van der Waals surface area contributed by atoms with Gasteiger partial charge in [-0.05, 0) is 66.9 Å². The number of esters is 1. The molecule has 0 saturated carbocycles. The van der Waals surface area contributed by atoms with Crippen molar-refractivity contribution in [3.8, 4) is 5.75 Å². The van der Waals surface area contributed by atoms with Crippen LogP contribution in [0.4, 0.5) is 11.4 Å². The quantitative estimate of drug-likeness (QED) is 0.303. The fourth-order valence-corrected chi connectivity index (χ4v) is 4.90. The van der Waals surface area contributed by atoms with E-state index in [1.165, 1.54) is 16.3 Å². The SMILES string of the molecule is CCOC(=O)c1cc(N2CC(CN[C@H](C)c3cccc4ccccc34)Oc3ccccc32)ccc1C. The Balaban J connectivity index is 1.38. The maximum absolute atomic E-state index is 12.5. The molecule has 0 saturated heterocycles. The number of nitrogens with one attached hydrogen (secondary N) is 1. The van der Waals surface area contributed by atoms with E-state index in [0.717, 1.165) is 22.7 Å². The van der Waals surface area contributed by atoms with Crippen molar-refractivity contribution in [2.24, 2.45) is 0 Å². The maximum atomic E-state index is 12.5. The number of rotatable bonds is 7. The van der Waals surface area contributed by atoms with Crippen LogP contribution in [0.15, 0.2) is 84.9 Å². The topological polar surface area (TPSA) is 50.8 Å². The molecule has 1 heterocycles. The van der Waals surface area contributed by atoms with Crippen molar-refractivity contribution >= 4 is 28.1 Å². The Morgan fingerprint density at radius 2 is 1.83 bits per heavy atom. The molecule has 5 nitrogen and oxygen atoms in total. The molecule has 1 N–H and O–H groups in total. The minimum atomic E-state index is -0.291. The standard InChI is InChI=1S/C31H32N2O3/c1-4-35-31(34)28-18-24(17-16-21(28)2)33-20-25(36-30-15-8-7-14-29(30)33)19-32-22(3)26-13-9-11-23-10-5-6-12-27(23)26/h5-18,22,25,32H,4,19-20H2,1-3H3/t22-,25?/m1/s1. The van der Waals surface area contributed by atoms with Gasteiger partial charge in [-0.2, -0.15) is 0 Å². The third-order valence-corrected chi connectivity index (χ3v) is 6.81. The summed E-state index contributed by atoms with van der Waals surface area (Å²) in [7, 11) is 0. The lowest BCUT2D eigenvalue weighted by Gasteiger charge is -2.37. The normalized spacial score (nSPS) is 15.8. The van der Waals surface area contributed by atoms with Crippen LogP contribution in [0.1, 0.15) is 41.4 Å². The molecule has 0 bridgehead atoms. The van der Waals surface area contributed by atoms with Gasteiger partial charge in [-0.3, -0.25) is 0 Å².